The highest BCUT2D eigenvalue weighted by atomic mass is 35.5. The number of rotatable bonds is 6. The topological polar surface area (TPSA) is 38.3 Å². The molecular formula is C18H20ClNO2. The van der Waals surface area contributed by atoms with Crippen LogP contribution >= 0.6 is 11.6 Å². The maximum Gasteiger partial charge on any atom is 0.251 e. The molecule has 0 aromatic heterocycles. The van der Waals surface area contributed by atoms with Gasteiger partial charge in [-0.2, -0.15) is 0 Å². The summed E-state index contributed by atoms with van der Waals surface area (Å²) >= 11 is 5.83. The van der Waals surface area contributed by atoms with Crippen LogP contribution in [0, 0.1) is 0 Å². The predicted molar refractivity (Wildman–Crippen MR) is 89.0 cm³/mol. The molecule has 4 heteroatoms. The van der Waals surface area contributed by atoms with E-state index in [1.54, 1.807) is 0 Å². The Bertz CT molecular complexity index is 606. The van der Waals surface area contributed by atoms with Crippen molar-refractivity contribution >= 4 is 17.5 Å². The second-order valence-corrected chi connectivity index (χ2v) is 5.80. The van der Waals surface area contributed by atoms with Crippen LogP contribution in [0.15, 0.2) is 48.5 Å². The Balaban J connectivity index is 1.88. The van der Waals surface area contributed by atoms with Gasteiger partial charge in [0.1, 0.15) is 0 Å². The van der Waals surface area contributed by atoms with Crippen molar-refractivity contribution in [2.45, 2.75) is 33.1 Å². The van der Waals surface area contributed by atoms with E-state index in [-0.39, 0.29) is 12.0 Å². The average molecular weight is 318 g/mol. The van der Waals surface area contributed by atoms with Crippen LogP contribution in [0.1, 0.15) is 35.3 Å². The van der Waals surface area contributed by atoms with Gasteiger partial charge in [-0.1, -0.05) is 35.9 Å². The van der Waals surface area contributed by atoms with Crippen molar-refractivity contribution in [3.05, 3.63) is 70.2 Å². The van der Waals surface area contributed by atoms with E-state index in [4.69, 9.17) is 16.3 Å². The fourth-order valence-electron chi connectivity index (χ4n) is 1.90. The lowest BCUT2D eigenvalue weighted by Crippen LogP contribution is -2.22. The number of benzene rings is 2. The summed E-state index contributed by atoms with van der Waals surface area (Å²) in [5.74, 6) is -0.0914. The van der Waals surface area contributed by atoms with Gasteiger partial charge >= 0.3 is 0 Å². The Kier molecular flexibility index (Phi) is 5.99. The second-order valence-electron chi connectivity index (χ2n) is 5.37. The quantitative estimate of drug-likeness (QED) is 0.867. The molecule has 2 aromatic carbocycles. The Morgan fingerprint density at radius 1 is 1.05 bits per heavy atom. The third-order valence-corrected chi connectivity index (χ3v) is 3.42. The molecule has 0 spiro atoms. The van der Waals surface area contributed by atoms with Gasteiger partial charge in [0, 0.05) is 17.1 Å². The van der Waals surface area contributed by atoms with E-state index in [2.05, 4.69) is 5.32 Å². The molecule has 2 aromatic rings. The van der Waals surface area contributed by atoms with Gasteiger partial charge < -0.3 is 10.1 Å². The lowest BCUT2D eigenvalue weighted by Gasteiger charge is -2.09. The zero-order valence-corrected chi connectivity index (χ0v) is 13.6. The molecule has 0 atom stereocenters. The fraction of sp³-hybridized carbons (Fsp3) is 0.278. The molecule has 0 fully saturated rings. The molecule has 0 aliphatic heterocycles. The molecule has 0 aliphatic rings. The first-order valence-corrected chi connectivity index (χ1v) is 7.65. The zero-order valence-electron chi connectivity index (χ0n) is 12.8. The summed E-state index contributed by atoms with van der Waals surface area (Å²) in [7, 11) is 0. The molecular weight excluding hydrogens is 298 g/mol. The van der Waals surface area contributed by atoms with Gasteiger partial charge in [-0.25, -0.2) is 0 Å². The van der Waals surface area contributed by atoms with Crippen molar-refractivity contribution < 1.29 is 9.53 Å². The first-order chi connectivity index (χ1) is 10.5. The number of hydrogen-bond donors (Lipinski definition) is 1. The van der Waals surface area contributed by atoms with Crippen molar-refractivity contribution in [3.8, 4) is 0 Å². The monoisotopic (exact) mass is 317 g/mol. The minimum atomic E-state index is -0.0914. The Morgan fingerprint density at radius 2 is 1.64 bits per heavy atom. The third kappa shape index (κ3) is 5.17. The number of nitrogens with one attached hydrogen (secondary N) is 1. The van der Waals surface area contributed by atoms with E-state index in [0.717, 1.165) is 11.1 Å². The van der Waals surface area contributed by atoms with Crippen LogP contribution in [0.5, 0.6) is 0 Å². The normalized spacial score (nSPS) is 10.7. The van der Waals surface area contributed by atoms with Gasteiger partial charge in [-0.15, -0.1) is 0 Å². The predicted octanol–water partition coefficient (Wildman–Crippen LogP) is 4.20. The summed E-state index contributed by atoms with van der Waals surface area (Å²) in [4.78, 5) is 12.1. The maximum atomic E-state index is 12.1. The van der Waals surface area contributed by atoms with E-state index < -0.39 is 0 Å². The molecule has 1 N–H and O–H groups in total. The molecule has 0 bridgehead atoms. The first-order valence-electron chi connectivity index (χ1n) is 7.28. The molecule has 0 saturated carbocycles. The Morgan fingerprint density at radius 3 is 2.23 bits per heavy atom. The number of carbonyl (C=O) groups is 1. The SMILES string of the molecule is CC(C)OCc1ccc(C(=O)NCc2ccc(Cl)cc2)cc1. The van der Waals surface area contributed by atoms with E-state index >= 15 is 0 Å². The summed E-state index contributed by atoms with van der Waals surface area (Å²) in [6.07, 6.45) is 0.197. The first kappa shape index (κ1) is 16.5. The Hall–Kier alpha value is -1.84. The highest BCUT2D eigenvalue weighted by Crippen LogP contribution is 2.10. The number of carbonyl (C=O) groups excluding carboxylic acids is 1. The summed E-state index contributed by atoms with van der Waals surface area (Å²) in [5.41, 5.74) is 2.71. The van der Waals surface area contributed by atoms with Gasteiger partial charge in [0.15, 0.2) is 0 Å². The van der Waals surface area contributed by atoms with Crippen molar-refractivity contribution in [2.24, 2.45) is 0 Å². The highest BCUT2D eigenvalue weighted by Gasteiger charge is 2.05. The molecule has 0 radical (unpaired) electrons. The summed E-state index contributed by atoms with van der Waals surface area (Å²) in [6, 6.07) is 14.9. The van der Waals surface area contributed by atoms with Crippen LogP contribution in [0.4, 0.5) is 0 Å². The van der Waals surface area contributed by atoms with Crippen molar-refractivity contribution in [3.63, 3.8) is 0 Å². The smallest absolute Gasteiger partial charge is 0.251 e. The molecule has 0 unspecified atom stereocenters. The highest BCUT2D eigenvalue weighted by molar-refractivity contribution is 6.30. The number of amides is 1. The number of ether oxygens (including phenoxy) is 1. The third-order valence-electron chi connectivity index (χ3n) is 3.17. The van der Waals surface area contributed by atoms with Crippen LogP contribution < -0.4 is 5.32 Å². The fourth-order valence-corrected chi connectivity index (χ4v) is 2.03. The average Bonchev–Trinajstić information content (AvgIpc) is 2.52. The molecule has 116 valence electrons. The molecule has 0 saturated heterocycles. The van der Waals surface area contributed by atoms with Crippen LogP contribution in [0.3, 0.4) is 0 Å². The summed E-state index contributed by atoms with van der Waals surface area (Å²) < 4.78 is 5.53. The molecule has 1 amide bonds. The van der Waals surface area contributed by atoms with E-state index in [1.165, 1.54) is 0 Å². The lowest BCUT2D eigenvalue weighted by molar-refractivity contribution is 0.0657. The molecule has 0 aliphatic carbocycles. The number of halogens is 1. The van der Waals surface area contributed by atoms with Crippen molar-refractivity contribution in [1.82, 2.24) is 5.32 Å². The number of hydrogen-bond acceptors (Lipinski definition) is 2. The van der Waals surface area contributed by atoms with E-state index in [0.29, 0.717) is 23.7 Å². The van der Waals surface area contributed by atoms with E-state index in [1.807, 2.05) is 62.4 Å². The maximum absolute atomic E-state index is 12.1. The standard InChI is InChI=1S/C18H20ClNO2/c1-13(2)22-12-15-3-7-16(8-4-15)18(21)20-11-14-5-9-17(19)10-6-14/h3-10,13H,11-12H2,1-2H3,(H,20,21). The van der Waals surface area contributed by atoms with E-state index in [9.17, 15) is 4.79 Å². The molecule has 3 nitrogen and oxygen atoms in total. The van der Waals surface area contributed by atoms with Crippen LogP contribution in [0.25, 0.3) is 0 Å². The largest absolute Gasteiger partial charge is 0.374 e. The van der Waals surface area contributed by atoms with Crippen molar-refractivity contribution in [1.29, 1.82) is 0 Å². The van der Waals surface area contributed by atoms with Gasteiger partial charge in [-0.05, 0) is 49.2 Å². The van der Waals surface area contributed by atoms with Gasteiger partial charge in [-0.3, -0.25) is 4.79 Å². The van der Waals surface area contributed by atoms with Gasteiger partial charge in [0.25, 0.3) is 5.91 Å². The van der Waals surface area contributed by atoms with Crippen LogP contribution in [-0.2, 0) is 17.9 Å². The van der Waals surface area contributed by atoms with Gasteiger partial charge in [0.2, 0.25) is 0 Å². The van der Waals surface area contributed by atoms with Crippen LogP contribution in [0.2, 0.25) is 5.02 Å². The van der Waals surface area contributed by atoms with Crippen molar-refractivity contribution in [2.75, 3.05) is 0 Å². The van der Waals surface area contributed by atoms with Gasteiger partial charge in [0.05, 0.1) is 12.7 Å². The zero-order chi connectivity index (χ0) is 15.9. The summed E-state index contributed by atoms with van der Waals surface area (Å²) in [6.45, 7) is 5.04. The Labute approximate surface area is 136 Å². The molecule has 22 heavy (non-hydrogen) atoms. The summed E-state index contributed by atoms with van der Waals surface area (Å²) in [5, 5.41) is 3.58. The lowest BCUT2D eigenvalue weighted by atomic mass is 10.1. The molecule has 2 rings (SSSR count). The minimum Gasteiger partial charge on any atom is -0.374 e. The second kappa shape index (κ2) is 7.97. The van der Waals surface area contributed by atoms with Crippen LogP contribution in [-0.4, -0.2) is 12.0 Å². The minimum absolute atomic E-state index is 0.0914. The molecule has 0 heterocycles.